The summed E-state index contributed by atoms with van der Waals surface area (Å²) in [4.78, 5) is 0. The predicted molar refractivity (Wildman–Crippen MR) is 68.3 cm³/mol. The number of nitrogens with one attached hydrogen (secondary N) is 1. The van der Waals surface area contributed by atoms with Crippen LogP contribution in [0.15, 0.2) is 41.1 Å². The predicted octanol–water partition coefficient (Wildman–Crippen LogP) is 0.787. The molecular weight excluding hydrogens is 268 g/mol. The van der Waals surface area contributed by atoms with Gasteiger partial charge < -0.3 is 9.63 Å². The van der Waals surface area contributed by atoms with Crippen LogP contribution in [-0.4, -0.2) is 18.7 Å². The van der Waals surface area contributed by atoms with Gasteiger partial charge in [-0.2, -0.15) is 0 Å². The Hall–Kier alpha value is -1.70. The van der Waals surface area contributed by atoms with Crippen molar-refractivity contribution in [3.8, 4) is 0 Å². The van der Waals surface area contributed by atoms with Gasteiger partial charge in [0, 0.05) is 6.07 Å². The van der Waals surface area contributed by atoms with E-state index in [0.29, 0.717) is 16.8 Å². The molecule has 0 fully saturated rings. The first-order valence-electron chi connectivity index (χ1n) is 5.64. The maximum absolute atomic E-state index is 11.9. The molecule has 0 aliphatic heterocycles. The van der Waals surface area contributed by atoms with Crippen LogP contribution in [-0.2, 0) is 28.9 Å². The number of rotatable bonds is 6. The van der Waals surface area contributed by atoms with Crippen LogP contribution in [0.5, 0.6) is 0 Å². The number of sulfonamides is 1. The fourth-order valence-corrected chi connectivity index (χ4v) is 2.69. The summed E-state index contributed by atoms with van der Waals surface area (Å²) < 4.78 is 30.8. The number of nitrogens with zero attached hydrogens (tertiary/aromatic N) is 1. The van der Waals surface area contributed by atoms with Crippen molar-refractivity contribution in [1.29, 1.82) is 0 Å². The zero-order valence-electron chi connectivity index (χ0n) is 10.1. The van der Waals surface area contributed by atoms with E-state index in [9.17, 15) is 8.42 Å². The smallest absolute Gasteiger partial charge is 0.216 e. The Morgan fingerprint density at radius 1 is 1.26 bits per heavy atom. The average Bonchev–Trinajstić information content (AvgIpc) is 2.89. The molecule has 2 N–H and O–H groups in total. The van der Waals surface area contributed by atoms with E-state index < -0.39 is 10.0 Å². The maximum atomic E-state index is 11.9. The Kier molecular flexibility index (Phi) is 4.31. The Morgan fingerprint density at radius 3 is 2.74 bits per heavy atom. The average molecular weight is 282 g/mol. The van der Waals surface area contributed by atoms with Gasteiger partial charge in [0.15, 0.2) is 0 Å². The van der Waals surface area contributed by atoms with Gasteiger partial charge in [0.25, 0.3) is 0 Å². The third-order valence-corrected chi connectivity index (χ3v) is 3.79. The van der Waals surface area contributed by atoms with Crippen molar-refractivity contribution in [2.75, 3.05) is 0 Å². The second-order valence-electron chi connectivity index (χ2n) is 4.05. The number of aromatic nitrogens is 1. The molecule has 0 unspecified atom stereocenters. The van der Waals surface area contributed by atoms with Gasteiger partial charge in [0.1, 0.15) is 6.26 Å². The van der Waals surface area contributed by atoms with Crippen molar-refractivity contribution in [2.45, 2.75) is 18.9 Å². The van der Waals surface area contributed by atoms with Crippen molar-refractivity contribution in [2.24, 2.45) is 0 Å². The third-order valence-electron chi connectivity index (χ3n) is 2.50. The Balaban J connectivity index is 2.00. The highest BCUT2D eigenvalue weighted by Crippen LogP contribution is 2.09. The molecule has 1 heterocycles. The lowest BCUT2D eigenvalue weighted by molar-refractivity contribution is 0.282. The summed E-state index contributed by atoms with van der Waals surface area (Å²) in [6.45, 7) is -0.0151. The highest BCUT2D eigenvalue weighted by atomic mass is 32.2. The molecule has 102 valence electrons. The number of benzene rings is 1. The van der Waals surface area contributed by atoms with Crippen molar-refractivity contribution < 1.29 is 18.0 Å². The molecule has 0 radical (unpaired) electrons. The van der Waals surface area contributed by atoms with Gasteiger partial charge in [-0.15, -0.1) is 0 Å². The van der Waals surface area contributed by atoms with Crippen molar-refractivity contribution >= 4 is 10.0 Å². The van der Waals surface area contributed by atoms with E-state index in [4.69, 9.17) is 5.11 Å². The van der Waals surface area contributed by atoms with E-state index in [2.05, 4.69) is 14.4 Å². The fraction of sp³-hybridized carbons (Fsp3) is 0.250. The van der Waals surface area contributed by atoms with Crippen LogP contribution in [0.4, 0.5) is 0 Å². The summed E-state index contributed by atoms with van der Waals surface area (Å²) in [7, 11) is -3.45. The number of aliphatic hydroxyl groups is 1. The first kappa shape index (κ1) is 13.7. The van der Waals surface area contributed by atoms with Crippen LogP contribution < -0.4 is 4.72 Å². The van der Waals surface area contributed by atoms with E-state index in [0.717, 1.165) is 0 Å². The van der Waals surface area contributed by atoms with Crippen LogP contribution in [0.2, 0.25) is 0 Å². The molecule has 0 aliphatic rings. The van der Waals surface area contributed by atoms with E-state index >= 15 is 0 Å². The van der Waals surface area contributed by atoms with Crippen LogP contribution in [0.1, 0.15) is 16.8 Å². The van der Waals surface area contributed by atoms with E-state index in [1.54, 1.807) is 30.3 Å². The molecule has 0 amide bonds. The summed E-state index contributed by atoms with van der Waals surface area (Å²) in [6, 6.07) is 8.41. The Labute approximate surface area is 111 Å². The molecule has 1 aromatic heterocycles. The van der Waals surface area contributed by atoms with Crippen LogP contribution in [0, 0.1) is 0 Å². The van der Waals surface area contributed by atoms with Gasteiger partial charge in [-0.1, -0.05) is 29.4 Å². The van der Waals surface area contributed by atoms with E-state index in [1.165, 1.54) is 6.26 Å². The fourth-order valence-electron chi connectivity index (χ4n) is 1.60. The first-order chi connectivity index (χ1) is 9.09. The molecule has 0 bridgehead atoms. The van der Waals surface area contributed by atoms with Crippen molar-refractivity contribution in [1.82, 2.24) is 9.88 Å². The topological polar surface area (TPSA) is 92.4 Å². The third kappa shape index (κ3) is 4.16. The number of aliphatic hydroxyl groups excluding tert-OH is 1. The zero-order chi connectivity index (χ0) is 13.7. The number of hydrogen-bond donors (Lipinski definition) is 2. The van der Waals surface area contributed by atoms with Gasteiger partial charge in [-0.25, -0.2) is 13.1 Å². The highest BCUT2D eigenvalue weighted by Gasteiger charge is 2.12. The van der Waals surface area contributed by atoms with E-state index in [-0.39, 0.29) is 18.9 Å². The molecule has 1 aromatic carbocycles. The maximum Gasteiger partial charge on any atom is 0.216 e. The van der Waals surface area contributed by atoms with Gasteiger partial charge in [0.2, 0.25) is 10.0 Å². The van der Waals surface area contributed by atoms with Gasteiger partial charge in [-0.05, 0) is 11.1 Å². The molecule has 2 aromatic rings. The minimum Gasteiger partial charge on any atom is -0.392 e. The molecule has 0 atom stereocenters. The molecule has 0 saturated heterocycles. The molecule has 0 aliphatic carbocycles. The van der Waals surface area contributed by atoms with Gasteiger partial charge >= 0.3 is 0 Å². The second kappa shape index (κ2) is 5.96. The zero-order valence-corrected chi connectivity index (χ0v) is 10.9. The lowest BCUT2D eigenvalue weighted by Crippen LogP contribution is -2.24. The largest absolute Gasteiger partial charge is 0.392 e. The van der Waals surface area contributed by atoms with Crippen molar-refractivity contribution in [3.05, 3.63) is 53.4 Å². The Bertz CT molecular complexity index is 623. The Morgan fingerprint density at radius 2 is 2.05 bits per heavy atom. The lowest BCUT2D eigenvalue weighted by Gasteiger charge is -2.06. The van der Waals surface area contributed by atoms with Crippen LogP contribution >= 0.6 is 0 Å². The molecule has 0 spiro atoms. The minimum atomic E-state index is -3.45. The molecule has 2 rings (SSSR count). The van der Waals surface area contributed by atoms with Gasteiger partial charge in [-0.3, -0.25) is 0 Å². The minimum absolute atomic E-state index is 0.0958. The summed E-state index contributed by atoms with van der Waals surface area (Å²) >= 11 is 0. The van der Waals surface area contributed by atoms with Crippen LogP contribution in [0.25, 0.3) is 0 Å². The first-order valence-corrected chi connectivity index (χ1v) is 7.29. The normalized spacial score (nSPS) is 11.6. The molecule has 7 heteroatoms. The second-order valence-corrected chi connectivity index (χ2v) is 5.86. The summed E-state index contributed by atoms with van der Waals surface area (Å²) in [6.07, 6.45) is 1.38. The molecule has 6 nitrogen and oxygen atoms in total. The summed E-state index contributed by atoms with van der Waals surface area (Å²) in [5.74, 6) is -0.140. The van der Waals surface area contributed by atoms with Crippen molar-refractivity contribution in [3.63, 3.8) is 0 Å². The molecule has 0 saturated carbocycles. The van der Waals surface area contributed by atoms with E-state index in [1.807, 2.05) is 0 Å². The number of hydrogen-bond acceptors (Lipinski definition) is 5. The van der Waals surface area contributed by atoms with Crippen LogP contribution in [0.3, 0.4) is 0 Å². The SMILES string of the molecule is O=S(=O)(Cc1cccc(CO)c1)NCc1ccon1. The van der Waals surface area contributed by atoms with Gasteiger partial charge in [0.05, 0.1) is 24.6 Å². The highest BCUT2D eigenvalue weighted by molar-refractivity contribution is 7.88. The summed E-state index contributed by atoms with van der Waals surface area (Å²) in [5, 5.41) is 12.6. The molecule has 19 heavy (non-hydrogen) atoms. The quantitative estimate of drug-likeness (QED) is 0.817. The summed E-state index contributed by atoms with van der Waals surface area (Å²) in [5.41, 5.74) is 1.83. The standard InChI is InChI=1S/C12H14N2O4S/c15-8-10-2-1-3-11(6-10)9-19(16,17)13-7-12-4-5-18-14-12/h1-6,13,15H,7-9H2. The monoisotopic (exact) mass is 282 g/mol. The lowest BCUT2D eigenvalue weighted by atomic mass is 10.1. The molecular formula is C12H14N2O4S.